The average Bonchev–Trinajstić information content (AvgIpc) is 3.27. The van der Waals surface area contributed by atoms with Gasteiger partial charge in [0, 0.05) is 25.0 Å². The van der Waals surface area contributed by atoms with E-state index in [1.54, 1.807) is 6.08 Å². The van der Waals surface area contributed by atoms with Crippen LogP contribution >= 0.6 is 0 Å². The fourth-order valence-corrected chi connectivity index (χ4v) is 2.27. The molecule has 102 valence electrons. The monoisotopic (exact) mass is 258 g/mol. The van der Waals surface area contributed by atoms with Gasteiger partial charge in [-0.15, -0.1) is 6.58 Å². The van der Waals surface area contributed by atoms with Crippen LogP contribution < -0.4 is 5.73 Å². The van der Waals surface area contributed by atoms with Gasteiger partial charge in [-0.25, -0.2) is 0 Å². The lowest BCUT2D eigenvalue weighted by atomic mass is 10.0. The Hall–Kier alpha value is -1.61. The topological polar surface area (TPSA) is 46.3 Å². The van der Waals surface area contributed by atoms with Gasteiger partial charge in [0.2, 0.25) is 5.91 Å². The van der Waals surface area contributed by atoms with Gasteiger partial charge in [0.15, 0.2) is 0 Å². The standard InChI is InChI=1S/C16H22N2O/c1-2-12-18(14-8-9-14)16(19)11-10-15(17)13-6-4-3-5-7-13/h2-7,14-15H,1,8-12,17H2. The number of nitrogens with zero attached hydrogens (tertiary/aromatic N) is 1. The maximum absolute atomic E-state index is 12.2. The maximum atomic E-state index is 12.2. The molecule has 1 aliphatic rings. The Bertz CT molecular complexity index is 426. The normalized spacial score (nSPS) is 15.8. The van der Waals surface area contributed by atoms with Gasteiger partial charge in [0.05, 0.1) is 0 Å². The van der Waals surface area contributed by atoms with Crippen molar-refractivity contribution in [2.75, 3.05) is 6.54 Å². The molecular formula is C16H22N2O. The lowest BCUT2D eigenvalue weighted by Gasteiger charge is -2.21. The third kappa shape index (κ3) is 3.93. The number of nitrogens with two attached hydrogens (primary N) is 1. The first-order chi connectivity index (χ1) is 9.22. The molecule has 0 saturated heterocycles. The van der Waals surface area contributed by atoms with Gasteiger partial charge in [-0.05, 0) is 24.8 Å². The fraction of sp³-hybridized carbons (Fsp3) is 0.438. The van der Waals surface area contributed by atoms with E-state index in [-0.39, 0.29) is 11.9 Å². The summed E-state index contributed by atoms with van der Waals surface area (Å²) in [6.45, 7) is 4.37. The summed E-state index contributed by atoms with van der Waals surface area (Å²) in [4.78, 5) is 14.1. The predicted molar refractivity (Wildman–Crippen MR) is 77.5 cm³/mol. The molecule has 19 heavy (non-hydrogen) atoms. The molecule has 0 aliphatic heterocycles. The van der Waals surface area contributed by atoms with Crippen molar-refractivity contribution in [2.24, 2.45) is 5.73 Å². The van der Waals surface area contributed by atoms with Crippen molar-refractivity contribution in [2.45, 2.75) is 37.8 Å². The van der Waals surface area contributed by atoms with Crippen LogP contribution in [0, 0.1) is 0 Å². The van der Waals surface area contributed by atoms with E-state index < -0.39 is 0 Å². The zero-order chi connectivity index (χ0) is 13.7. The average molecular weight is 258 g/mol. The summed E-state index contributed by atoms with van der Waals surface area (Å²) in [7, 11) is 0. The lowest BCUT2D eigenvalue weighted by molar-refractivity contribution is -0.131. The van der Waals surface area contributed by atoms with E-state index in [1.165, 1.54) is 0 Å². The van der Waals surface area contributed by atoms with Crippen molar-refractivity contribution >= 4 is 5.91 Å². The summed E-state index contributed by atoms with van der Waals surface area (Å²) in [6, 6.07) is 10.3. The summed E-state index contributed by atoms with van der Waals surface area (Å²) in [5.74, 6) is 0.203. The Morgan fingerprint density at radius 2 is 2.11 bits per heavy atom. The van der Waals surface area contributed by atoms with Gasteiger partial charge < -0.3 is 10.6 Å². The molecule has 1 aromatic rings. The molecule has 1 amide bonds. The molecule has 1 saturated carbocycles. The summed E-state index contributed by atoms with van der Waals surface area (Å²) < 4.78 is 0. The van der Waals surface area contributed by atoms with Crippen molar-refractivity contribution < 1.29 is 4.79 Å². The third-order valence-corrected chi connectivity index (χ3v) is 3.53. The van der Waals surface area contributed by atoms with Crippen LogP contribution in [-0.2, 0) is 4.79 Å². The smallest absolute Gasteiger partial charge is 0.223 e. The Morgan fingerprint density at radius 1 is 1.42 bits per heavy atom. The quantitative estimate of drug-likeness (QED) is 0.764. The molecule has 0 radical (unpaired) electrons. The fourth-order valence-electron chi connectivity index (χ4n) is 2.27. The molecule has 0 heterocycles. The van der Waals surface area contributed by atoms with Gasteiger partial charge in [-0.1, -0.05) is 36.4 Å². The Kier molecular flexibility index (Phi) is 4.74. The molecular weight excluding hydrogens is 236 g/mol. The number of hydrogen-bond acceptors (Lipinski definition) is 2. The largest absolute Gasteiger partial charge is 0.336 e. The molecule has 1 unspecified atom stereocenters. The molecule has 3 nitrogen and oxygen atoms in total. The minimum Gasteiger partial charge on any atom is -0.336 e. The Labute approximate surface area is 115 Å². The van der Waals surface area contributed by atoms with Gasteiger partial charge in [0.25, 0.3) is 0 Å². The maximum Gasteiger partial charge on any atom is 0.223 e. The van der Waals surface area contributed by atoms with Gasteiger partial charge >= 0.3 is 0 Å². The molecule has 1 fully saturated rings. The summed E-state index contributed by atoms with van der Waals surface area (Å²) in [5, 5.41) is 0. The molecule has 1 aromatic carbocycles. The zero-order valence-corrected chi connectivity index (χ0v) is 11.3. The highest BCUT2D eigenvalue weighted by Gasteiger charge is 2.31. The van der Waals surface area contributed by atoms with Crippen molar-refractivity contribution in [1.29, 1.82) is 0 Å². The number of carbonyl (C=O) groups is 1. The first-order valence-corrected chi connectivity index (χ1v) is 6.93. The number of amides is 1. The van der Waals surface area contributed by atoms with Crippen LogP contribution in [0.25, 0.3) is 0 Å². The second kappa shape index (κ2) is 6.53. The van der Waals surface area contributed by atoms with Crippen LogP contribution in [0.5, 0.6) is 0 Å². The van der Waals surface area contributed by atoms with Crippen molar-refractivity contribution in [1.82, 2.24) is 4.90 Å². The SMILES string of the molecule is C=CCN(C(=O)CCC(N)c1ccccc1)C1CC1. The highest BCUT2D eigenvalue weighted by molar-refractivity contribution is 5.77. The first-order valence-electron chi connectivity index (χ1n) is 6.93. The van der Waals surface area contributed by atoms with E-state index in [1.807, 2.05) is 35.2 Å². The molecule has 0 bridgehead atoms. The summed E-state index contributed by atoms with van der Waals surface area (Å²) in [6.07, 6.45) is 5.27. The van der Waals surface area contributed by atoms with Crippen LogP contribution in [0.1, 0.15) is 37.3 Å². The van der Waals surface area contributed by atoms with Gasteiger partial charge in [-0.3, -0.25) is 4.79 Å². The molecule has 2 rings (SSSR count). The van der Waals surface area contributed by atoms with E-state index in [9.17, 15) is 4.79 Å². The molecule has 1 aliphatic carbocycles. The number of carbonyl (C=O) groups excluding carboxylic acids is 1. The third-order valence-electron chi connectivity index (χ3n) is 3.53. The van der Waals surface area contributed by atoms with E-state index >= 15 is 0 Å². The van der Waals surface area contributed by atoms with E-state index in [2.05, 4.69) is 6.58 Å². The van der Waals surface area contributed by atoms with Crippen LogP contribution in [-0.4, -0.2) is 23.4 Å². The first kappa shape index (κ1) is 13.8. The highest BCUT2D eigenvalue weighted by atomic mass is 16.2. The predicted octanol–water partition coefficient (Wildman–Crippen LogP) is 2.64. The number of hydrogen-bond donors (Lipinski definition) is 1. The Morgan fingerprint density at radius 3 is 2.68 bits per heavy atom. The second-order valence-electron chi connectivity index (χ2n) is 5.12. The van der Waals surface area contributed by atoms with Crippen LogP contribution in [0.3, 0.4) is 0 Å². The van der Waals surface area contributed by atoms with Crippen LogP contribution in [0.2, 0.25) is 0 Å². The van der Waals surface area contributed by atoms with Gasteiger partial charge in [-0.2, -0.15) is 0 Å². The van der Waals surface area contributed by atoms with E-state index in [4.69, 9.17) is 5.73 Å². The second-order valence-corrected chi connectivity index (χ2v) is 5.12. The number of rotatable bonds is 7. The minimum absolute atomic E-state index is 0.0602. The lowest BCUT2D eigenvalue weighted by Crippen LogP contribution is -2.33. The van der Waals surface area contributed by atoms with Gasteiger partial charge in [0.1, 0.15) is 0 Å². The van der Waals surface area contributed by atoms with Crippen molar-refractivity contribution in [3.8, 4) is 0 Å². The summed E-state index contributed by atoms with van der Waals surface area (Å²) in [5.41, 5.74) is 7.21. The molecule has 1 atom stereocenters. The van der Waals surface area contributed by atoms with Crippen molar-refractivity contribution in [3.63, 3.8) is 0 Å². The van der Waals surface area contributed by atoms with Crippen LogP contribution in [0.4, 0.5) is 0 Å². The summed E-state index contributed by atoms with van der Waals surface area (Å²) >= 11 is 0. The Balaban J connectivity index is 1.83. The highest BCUT2D eigenvalue weighted by Crippen LogP contribution is 2.28. The van der Waals surface area contributed by atoms with E-state index in [0.717, 1.165) is 18.4 Å². The molecule has 3 heteroatoms. The molecule has 0 spiro atoms. The van der Waals surface area contributed by atoms with Crippen LogP contribution in [0.15, 0.2) is 43.0 Å². The minimum atomic E-state index is -0.0602. The molecule has 0 aromatic heterocycles. The zero-order valence-electron chi connectivity index (χ0n) is 11.3. The van der Waals surface area contributed by atoms with Crippen molar-refractivity contribution in [3.05, 3.63) is 48.6 Å². The number of benzene rings is 1. The van der Waals surface area contributed by atoms with E-state index in [0.29, 0.717) is 25.4 Å². The molecule has 2 N–H and O–H groups in total.